The molecule has 1 N–H and O–H groups in total. The van der Waals surface area contributed by atoms with Crippen molar-refractivity contribution in [3.8, 4) is 11.5 Å². The van der Waals surface area contributed by atoms with Crippen LogP contribution in [0.2, 0.25) is 5.02 Å². The lowest BCUT2D eigenvalue weighted by atomic mass is 10.1. The topological polar surface area (TPSA) is 105 Å². The highest BCUT2D eigenvalue weighted by Gasteiger charge is 2.34. The first kappa shape index (κ1) is 32.8. The van der Waals surface area contributed by atoms with Crippen LogP contribution in [-0.4, -0.2) is 57.5 Å². The predicted molar refractivity (Wildman–Crippen MR) is 164 cm³/mol. The highest BCUT2D eigenvalue weighted by atomic mass is 35.5. The van der Waals surface area contributed by atoms with E-state index in [0.717, 1.165) is 9.87 Å². The van der Waals surface area contributed by atoms with Gasteiger partial charge in [0.1, 0.15) is 24.1 Å². The summed E-state index contributed by atoms with van der Waals surface area (Å²) >= 11 is 6.37. The summed E-state index contributed by atoms with van der Waals surface area (Å²) < 4.78 is 39.5. The number of ether oxygens (including phenoxy) is 2. The number of sulfonamides is 1. The molecule has 0 aromatic heterocycles. The Hall–Kier alpha value is -3.76. The SMILES string of the molecule is CC[C@@H](C(=O)NC(C)(C)C)N(Cc1cccc(OC)c1)C(=O)CN(c1ccc(OC)c(Cl)c1)S(=O)(=O)c1ccccc1. The normalized spacial score (nSPS) is 12.3. The van der Waals surface area contributed by atoms with Gasteiger partial charge in [-0.1, -0.05) is 48.9 Å². The molecule has 0 saturated carbocycles. The first-order valence-electron chi connectivity index (χ1n) is 13.5. The molecule has 0 fully saturated rings. The summed E-state index contributed by atoms with van der Waals surface area (Å²) in [6.45, 7) is 6.84. The van der Waals surface area contributed by atoms with Gasteiger partial charge >= 0.3 is 0 Å². The van der Waals surface area contributed by atoms with Crippen molar-refractivity contribution in [3.63, 3.8) is 0 Å². The number of carbonyl (C=O) groups is 2. The summed E-state index contributed by atoms with van der Waals surface area (Å²) in [5, 5.41) is 3.13. The number of rotatable bonds is 12. The number of halogens is 1. The molecular weight excluding hydrogens is 578 g/mol. The van der Waals surface area contributed by atoms with Crippen molar-refractivity contribution < 1.29 is 27.5 Å². The van der Waals surface area contributed by atoms with Gasteiger partial charge < -0.3 is 19.7 Å². The van der Waals surface area contributed by atoms with E-state index in [-0.39, 0.29) is 28.1 Å². The highest BCUT2D eigenvalue weighted by Crippen LogP contribution is 2.32. The van der Waals surface area contributed by atoms with E-state index in [1.54, 1.807) is 50.4 Å². The number of amides is 2. The Balaban J connectivity index is 2.10. The molecule has 9 nitrogen and oxygen atoms in total. The van der Waals surface area contributed by atoms with Crippen molar-refractivity contribution in [1.82, 2.24) is 10.2 Å². The van der Waals surface area contributed by atoms with E-state index in [9.17, 15) is 18.0 Å². The molecule has 3 aromatic rings. The number of benzene rings is 3. The number of hydrogen-bond donors (Lipinski definition) is 1. The lowest BCUT2D eigenvalue weighted by molar-refractivity contribution is -0.141. The number of methoxy groups -OCH3 is 2. The molecule has 0 heterocycles. The van der Waals surface area contributed by atoms with Crippen molar-refractivity contribution in [2.75, 3.05) is 25.1 Å². The van der Waals surface area contributed by atoms with Crippen molar-refractivity contribution in [2.45, 2.75) is 57.1 Å². The molecule has 42 heavy (non-hydrogen) atoms. The molecule has 11 heteroatoms. The molecule has 0 unspecified atom stereocenters. The summed E-state index contributed by atoms with van der Waals surface area (Å²) in [7, 11) is -1.23. The molecule has 1 atom stereocenters. The lowest BCUT2D eigenvalue weighted by Crippen LogP contribution is -2.55. The largest absolute Gasteiger partial charge is 0.497 e. The number of nitrogens with one attached hydrogen (secondary N) is 1. The van der Waals surface area contributed by atoms with Crippen molar-refractivity contribution in [2.24, 2.45) is 0 Å². The Morgan fingerprint density at radius 1 is 0.952 bits per heavy atom. The Morgan fingerprint density at radius 3 is 2.21 bits per heavy atom. The zero-order valence-electron chi connectivity index (χ0n) is 24.8. The second-order valence-electron chi connectivity index (χ2n) is 10.7. The van der Waals surface area contributed by atoms with Gasteiger partial charge in [0.2, 0.25) is 11.8 Å². The van der Waals surface area contributed by atoms with E-state index in [2.05, 4.69) is 5.32 Å². The standard InChI is InChI=1S/C31H38ClN3O6S/c1-7-27(30(37)33-31(2,3)4)34(20-22-12-11-13-24(18-22)40-5)29(36)21-35(23-16-17-28(41-6)26(32)19-23)42(38,39)25-14-9-8-10-15-25/h8-19,27H,7,20-21H2,1-6H3,(H,33,37)/t27-/m0/s1. The van der Waals surface area contributed by atoms with Crippen LogP contribution >= 0.6 is 11.6 Å². The maximum Gasteiger partial charge on any atom is 0.264 e. The third kappa shape index (κ3) is 8.17. The fraction of sp³-hybridized carbons (Fsp3) is 0.355. The summed E-state index contributed by atoms with van der Waals surface area (Å²) in [6.07, 6.45) is 0.303. The Kier molecular flexibility index (Phi) is 10.9. The minimum Gasteiger partial charge on any atom is -0.497 e. The number of carbonyl (C=O) groups excluding carboxylic acids is 2. The van der Waals surface area contributed by atoms with Crippen LogP contribution < -0.4 is 19.1 Å². The van der Waals surface area contributed by atoms with E-state index in [1.807, 2.05) is 26.8 Å². The van der Waals surface area contributed by atoms with Crippen LogP contribution in [0.3, 0.4) is 0 Å². The molecule has 0 aliphatic carbocycles. The summed E-state index contributed by atoms with van der Waals surface area (Å²) in [6, 6.07) is 18.6. The molecular formula is C31H38ClN3O6S. The number of nitrogens with zero attached hydrogens (tertiary/aromatic N) is 2. The molecule has 0 bridgehead atoms. The highest BCUT2D eigenvalue weighted by molar-refractivity contribution is 7.92. The van der Waals surface area contributed by atoms with Crippen molar-refractivity contribution >= 4 is 39.1 Å². The van der Waals surface area contributed by atoms with Gasteiger partial charge in [-0.2, -0.15) is 0 Å². The van der Waals surface area contributed by atoms with Gasteiger partial charge in [0.25, 0.3) is 10.0 Å². The van der Waals surface area contributed by atoms with E-state index in [1.165, 1.54) is 42.3 Å². The second-order valence-corrected chi connectivity index (χ2v) is 12.9. The van der Waals surface area contributed by atoms with Gasteiger partial charge in [0.15, 0.2) is 0 Å². The third-order valence-electron chi connectivity index (χ3n) is 6.40. The first-order valence-corrected chi connectivity index (χ1v) is 15.3. The summed E-state index contributed by atoms with van der Waals surface area (Å²) in [5.74, 6) is 0.0352. The van der Waals surface area contributed by atoms with Crippen LogP contribution in [0.15, 0.2) is 77.7 Å². The van der Waals surface area contributed by atoms with Gasteiger partial charge in [-0.05, 0) is 75.2 Å². The van der Waals surface area contributed by atoms with Crippen LogP contribution in [-0.2, 0) is 26.2 Å². The summed E-state index contributed by atoms with van der Waals surface area (Å²) in [5.41, 5.74) is 0.346. The van der Waals surface area contributed by atoms with Gasteiger partial charge in [-0.15, -0.1) is 0 Å². The molecule has 0 radical (unpaired) electrons. The number of anilines is 1. The van der Waals surface area contributed by atoms with Crippen LogP contribution in [0.25, 0.3) is 0 Å². The molecule has 3 aromatic carbocycles. The summed E-state index contributed by atoms with van der Waals surface area (Å²) in [4.78, 5) is 29.1. The Morgan fingerprint density at radius 2 is 1.64 bits per heavy atom. The van der Waals surface area contributed by atoms with Gasteiger partial charge in [-0.25, -0.2) is 8.42 Å². The molecule has 226 valence electrons. The predicted octanol–water partition coefficient (Wildman–Crippen LogP) is 5.27. The van der Waals surface area contributed by atoms with Crippen LogP contribution in [0, 0.1) is 0 Å². The molecule has 0 aliphatic heterocycles. The van der Waals surface area contributed by atoms with E-state index in [4.69, 9.17) is 21.1 Å². The second kappa shape index (κ2) is 13.9. The first-order chi connectivity index (χ1) is 19.8. The molecule has 2 amide bonds. The average molecular weight is 616 g/mol. The van der Waals surface area contributed by atoms with Crippen LogP contribution in [0.5, 0.6) is 11.5 Å². The smallest absolute Gasteiger partial charge is 0.264 e. The van der Waals surface area contributed by atoms with Crippen molar-refractivity contribution in [3.05, 3.63) is 83.4 Å². The fourth-order valence-corrected chi connectivity index (χ4v) is 6.08. The van der Waals surface area contributed by atoms with Gasteiger partial charge in [0.05, 0.1) is 29.8 Å². The van der Waals surface area contributed by atoms with Gasteiger partial charge in [-0.3, -0.25) is 13.9 Å². The zero-order chi connectivity index (χ0) is 31.1. The Labute approximate surface area is 253 Å². The fourth-order valence-electron chi connectivity index (χ4n) is 4.40. The molecule has 0 aliphatic rings. The maximum atomic E-state index is 14.2. The van der Waals surface area contributed by atoms with Crippen LogP contribution in [0.4, 0.5) is 5.69 Å². The van der Waals surface area contributed by atoms with Crippen molar-refractivity contribution in [1.29, 1.82) is 0 Å². The molecule has 0 spiro atoms. The maximum absolute atomic E-state index is 14.2. The van der Waals surface area contributed by atoms with E-state index in [0.29, 0.717) is 17.9 Å². The minimum absolute atomic E-state index is 0.00148. The number of hydrogen-bond acceptors (Lipinski definition) is 6. The monoisotopic (exact) mass is 615 g/mol. The minimum atomic E-state index is -4.22. The van der Waals surface area contributed by atoms with E-state index < -0.39 is 34.1 Å². The zero-order valence-corrected chi connectivity index (χ0v) is 26.3. The third-order valence-corrected chi connectivity index (χ3v) is 8.49. The van der Waals surface area contributed by atoms with Gasteiger partial charge in [0, 0.05) is 12.1 Å². The quantitative estimate of drug-likeness (QED) is 0.297. The van der Waals surface area contributed by atoms with E-state index >= 15 is 0 Å². The molecule has 3 rings (SSSR count). The Bertz CT molecular complexity index is 1490. The lowest BCUT2D eigenvalue weighted by Gasteiger charge is -2.35. The molecule has 0 saturated heterocycles. The van der Waals surface area contributed by atoms with Crippen LogP contribution in [0.1, 0.15) is 39.7 Å². The average Bonchev–Trinajstić information content (AvgIpc) is 2.95.